The first-order valence-electron chi connectivity index (χ1n) is 9.51. The van der Waals surface area contributed by atoms with Crippen LogP contribution >= 0.6 is 23.2 Å². The van der Waals surface area contributed by atoms with Crippen molar-refractivity contribution >= 4 is 35.0 Å². The van der Waals surface area contributed by atoms with Crippen molar-refractivity contribution in [1.29, 1.82) is 0 Å². The van der Waals surface area contributed by atoms with Crippen LogP contribution < -0.4 is 0 Å². The van der Waals surface area contributed by atoms with E-state index in [0.717, 1.165) is 51.6 Å². The monoisotopic (exact) mass is 396 g/mol. The number of hydrogen-bond acceptors (Lipinski definition) is 2. The molecule has 0 aliphatic carbocycles. The van der Waals surface area contributed by atoms with Crippen molar-refractivity contribution in [2.75, 3.05) is 13.1 Å². The second-order valence-electron chi connectivity index (χ2n) is 7.50. The second-order valence-corrected chi connectivity index (χ2v) is 8.32. The first-order valence-corrected chi connectivity index (χ1v) is 10.3. The van der Waals surface area contributed by atoms with Crippen molar-refractivity contribution in [3.8, 4) is 0 Å². The van der Waals surface area contributed by atoms with Crippen LogP contribution in [0.3, 0.4) is 0 Å². The molecule has 0 N–H and O–H groups in total. The van der Waals surface area contributed by atoms with Crippen molar-refractivity contribution in [2.45, 2.75) is 64.5 Å². The summed E-state index contributed by atoms with van der Waals surface area (Å²) >= 11 is 12.8. The van der Waals surface area contributed by atoms with Crippen molar-refractivity contribution in [1.82, 2.24) is 9.80 Å². The summed E-state index contributed by atoms with van der Waals surface area (Å²) in [5.41, 5.74) is 0.766. The van der Waals surface area contributed by atoms with Gasteiger partial charge in [0.05, 0.1) is 15.6 Å². The van der Waals surface area contributed by atoms with Crippen molar-refractivity contribution in [3.63, 3.8) is 0 Å². The zero-order valence-corrected chi connectivity index (χ0v) is 16.9. The van der Waals surface area contributed by atoms with Crippen LogP contribution in [0.5, 0.6) is 0 Å². The standard InChI is InChI=1S/C20H26Cl2N2O2/c1-13-7-3-5-9-23(13)19(25)15-11-16(21)18(17(22)12-15)20(26)24-10-6-4-8-14(24)2/h11-14H,3-10H2,1-2H3/t13-,14-/m1/s1. The Morgan fingerprint density at radius 1 is 0.846 bits per heavy atom. The molecular formula is C20H26Cl2N2O2. The number of nitrogens with zero attached hydrogens (tertiary/aromatic N) is 2. The molecule has 2 atom stereocenters. The number of carbonyl (C=O) groups is 2. The van der Waals surface area contributed by atoms with Gasteiger partial charge in [-0.1, -0.05) is 23.2 Å². The highest BCUT2D eigenvalue weighted by Crippen LogP contribution is 2.31. The van der Waals surface area contributed by atoms with Crippen LogP contribution in [0.4, 0.5) is 0 Å². The molecule has 2 fully saturated rings. The molecule has 0 bridgehead atoms. The van der Waals surface area contributed by atoms with Gasteiger partial charge in [0.1, 0.15) is 0 Å². The van der Waals surface area contributed by atoms with Crippen LogP contribution in [-0.4, -0.2) is 46.8 Å². The van der Waals surface area contributed by atoms with E-state index in [0.29, 0.717) is 11.1 Å². The van der Waals surface area contributed by atoms with Crippen LogP contribution in [0.15, 0.2) is 12.1 Å². The molecule has 2 aliphatic heterocycles. The molecule has 4 nitrogen and oxygen atoms in total. The molecule has 6 heteroatoms. The molecule has 1 aromatic rings. The van der Waals surface area contributed by atoms with Crippen molar-refractivity contribution < 1.29 is 9.59 Å². The fourth-order valence-corrected chi connectivity index (χ4v) is 4.66. The lowest BCUT2D eigenvalue weighted by atomic mass is 10.0. The average Bonchev–Trinajstić information content (AvgIpc) is 2.61. The molecule has 0 unspecified atom stereocenters. The first kappa shape index (κ1) is 19.5. The highest BCUT2D eigenvalue weighted by molar-refractivity contribution is 6.40. The van der Waals surface area contributed by atoms with E-state index in [-0.39, 0.29) is 33.9 Å². The first-order chi connectivity index (χ1) is 12.4. The lowest BCUT2D eigenvalue weighted by Crippen LogP contribution is -2.42. The minimum atomic E-state index is -0.141. The number of benzene rings is 1. The Hall–Kier alpha value is -1.26. The molecule has 2 heterocycles. The molecule has 0 saturated carbocycles. The Morgan fingerprint density at radius 3 is 1.77 bits per heavy atom. The molecule has 3 rings (SSSR count). The smallest absolute Gasteiger partial charge is 0.257 e. The minimum Gasteiger partial charge on any atom is -0.336 e. The Kier molecular flexibility index (Phi) is 6.13. The third kappa shape index (κ3) is 3.86. The lowest BCUT2D eigenvalue weighted by Gasteiger charge is -2.34. The van der Waals surface area contributed by atoms with Gasteiger partial charge in [0, 0.05) is 30.7 Å². The van der Waals surface area contributed by atoms with Crippen LogP contribution in [0, 0.1) is 0 Å². The highest BCUT2D eigenvalue weighted by Gasteiger charge is 2.30. The normalized spacial score (nSPS) is 23.8. The van der Waals surface area contributed by atoms with Gasteiger partial charge < -0.3 is 9.80 Å². The molecule has 0 spiro atoms. The molecular weight excluding hydrogens is 371 g/mol. The SMILES string of the molecule is C[C@@H]1CCCCN1C(=O)c1cc(Cl)c(C(=O)N2CCCC[C@H]2C)c(Cl)c1. The molecule has 2 amide bonds. The van der Waals surface area contributed by atoms with Gasteiger partial charge in [0.25, 0.3) is 11.8 Å². The van der Waals surface area contributed by atoms with Gasteiger partial charge in [0.2, 0.25) is 0 Å². The van der Waals surface area contributed by atoms with E-state index in [4.69, 9.17) is 23.2 Å². The Bertz CT molecular complexity index is 684. The van der Waals surface area contributed by atoms with Crippen LogP contribution in [0.2, 0.25) is 10.0 Å². The number of hydrogen-bond donors (Lipinski definition) is 0. The van der Waals surface area contributed by atoms with Gasteiger partial charge in [-0.25, -0.2) is 0 Å². The van der Waals surface area contributed by atoms with Gasteiger partial charge in [-0.15, -0.1) is 0 Å². The molecule has 2 saturated heterocycles. The number of likely N-dealkylation sites (tertiary alicyclic amines) is 2. The third-order valence-electron chi connectivity index (χ3n) is 5.63. The zero-order chi connectivity index (χ0) is 18.8. The topological polar surface area (TPSA) is 40.6 Å². The summed E-state index contributed by atoms with van der Waals surface area (Å²) in [6.07, 6.45) is 6.29. The zero-order valence-electron chi connectivity index (χ0n) is 15.4. The predicted molar refractivity (Wildman–Crippen MR) is 105 cm³/mol. The summed E-state index contributed by atoms with van der Waals surface area (Å²) in [5, 5.41) is 0.515. The molecule has 2 aliphatic rings. The van der Waals surface area contributed by atoms with Gasteiger partial charge in [-0.2, -0.15) is 0 Å². The summed E-state index contributed by atoms with van der Waals surface area (Å²) in [4.78, 5) is 29.5. The summed E-state index contributed by atoms with van der Waals surface area (Å²) < 4.78 is 0. The fraction of sp³-hybridized carbons (Fsp3) is 0.600. The number of carbonyl (C=O) groups excluding carboxylic acids is 2. The number of rotatable bonds is 2. The maximum atomic E-state index is 12.9. The molecule has 26 heavy (non-hydrogen) atoms. The summed E-state index contributed by atoms with van der Waals surface area (Å²) in [5.74, 6) is -0.205. The molecule has 0 radical (unpaired) electrons. The summed E-state index contributed by atoms with van der Waals surface area (Å²) in [7, 11) is 0. The van der Waals surface area contributed by atoms with Crippen molar-refractivity contribution in [3.05, 3.63) is 33.3 Å². The van der Waals surface area contributed by atoms with Gasteiger partial charge in [0.15, 0.2) is 0 Å². The predicted octanol–water partition coefficient (Wildman–Crippen LogP) is 5.02. The summed E-state index contributed by atoms with van der Waals surface area (Å²) in [6, 6.07) is 3.58. The van der Waals surface area contributed by atoms with Crippen LogP contribution in [0.25, 0.3) is 0 Å². The molecule has 0 aromatic heterocycles. The maximum absolute atomic E-state index is 12.9. The number of halogens is 2. The maximum Gasteiger partial charge on any atom is 0.257 e. The number of amides is 2. The van der Waals surface area contributed by atoms with E-state index in [9.17, 15) is 9.59 Å². The Morgan fingerprint density at radius 2 is 1.31 bits per heavy atom. The molecule has 1 aromatic carbocycles. The van der Waals surface area contributed by atoms with E-state index in [1.165, 1.54) is 0 Å². The van der Waals surface area contributed by atoms with E-state index in [2.05, 4.69) is 13.8 Å². The van der Waals surface area contributed by atoms with Crippen molar-refractivity contribution in [2.24, 2.45) is 0 Å². The average molecular weight is 397 g/mol. The van der Waals surface area contributed by atoms with E-state index < -0.39 is 0 Å². The van der Waals surface area contributed by atoms with Crippen LogP contribution in [0.1, 0.15) is 73.1 Å². The molecule has 142 valence electrons. The largest absolute Gasteiger partial charge is 0.336 e. The Balaban J connectivity index is 1.86. The number of piperidine rings is 2. The fourth-order valence-electron chi connectivity index (χ4n) is 4.01. The second kappa shape index (κ2) is 8.18. The summed E-state index contributed by atoms with van der Waals surface area (Å²) in [6.45, 7) is 5.59. The highest BCUT2D eigenvalue weighted by atomic mass is 35.5. The van der Waals surface area contributed by atoms with Gasteiger partial charge in [-0.05, 0) is 64.5 Å². The lowest BCUT2D eigenvalue weighted by molar-refractivity contribution is 0.0623. The van der Waals surface area contributed by atoms with E-state index >= 15 is 0 Å². The third-order valence-corrected chi connectivity index (χ3v) is 6.23. The minimum absolute atomic E-state index is 0.0636. The quantitative estimate of drug-likeness (QED) is 0.703. The Labute approximate surface area is 165 Å². The van der Waals surface area contributed by atoms with Gasteiger partial charge in [-0.3, -0.25) is 9.59 Å². The van der Waals surface area contributed by atoms with Crippen LogP contribution in [-0.2, 0) is 0 Å². The van der Waals surface area contributed by atoms with Gasteiger partial charge >= 0.3 is 0 Å². The van der Waals surface area contributed by atoms with E-state index in [1.807, 2.05) is 9.80 Å². The van der Waals surface area contributed by atoms with E-state index in [1.54, 1.807) is 12.1 Å².